The molecule has 5 nitrogen and oxygen atoms in total. The fourth-order valence-electron chi connectivity index (χ4n) is 1.94. The van der Waals surface area contributed by atoms with E-state index < -0.39 is 23.7 Å². The molecule has 1 amide bonds. The number of amides is 1. The summed E-state index contributed by atoms with van der Waals surface area (Å²) in [5.74, 6) is -3.64. The number of nitrogens with zero attached hydrogens (tertiary/aromatic N) is 1. The normalized spacial score (nSPS) is 11.7. The van der Waals surface area contributed by atoms with Gasteiger partial charge in [0.25, 0.3) is 0 Å². The molecule has 0 bridgehead atoms. The number of thiocarbonyl (C=S) groups is 1. The van der Waals surface area contributed by atoms with Crippen LogP contribution < -0.4 is 16.1 Å². The second kappa shape index (κ2) is 8.74. The molecule has 2 aromatic carbocycles. The SMILES string of the molecule is C/C(=N\NC(=S)Nc1ccc(F)cc1F)c1ccc(NC(=O)C(F)(F)F)cc1. The second-order valence-electron chi connectivity index (χ2n) is 5.42. The van der Waals surface area contributed by atoms with Crippen molar-refractivity contribution in [3.05, 3.63) is 59.7 Å². The van der Waals surface area contributed by atoms with Gasteiger partial charge in [-0.05, 0) is 49.0 Å². The monoisotopic (exact) mass is 416 g/mol. The van der Waals surface area contributed by atoms with E-state index in [1.54, 1.807) is 12.2 Å². The van der Waals surface area contributed by atoms with Gasteiger partial charge in [0.05, 0.1) is 11.4 Å². The van der Waals surface area contributed by atoms with Crippen LogP contribution in [0, 0.1) is 11.6 Å². The first kappa shape index (κ1) is 21.2. The van der Waals surface area contributed by atoms with Gasteiger partial charge in [-0.1, -0.05) is 12.1 Å². The van der Waals surface area contributed by atoms with Gasteiger partial charge in [0.2, 0.25) is 0 Å². The maximum absolute atomic E-state index is 13.6. The summed E-state index contributed by atoms with van der Waals surface area (Å²) < 4.78 is 63.1. The van der Waals surface area contributed by atoms with E-state index in [0.29, 0.717) is 17.3 Å². The van der Waals surface area contributed by atoms with Gasteiger partial charge in [0.15, 0.2) is 5.11 Å². The molecule has 2 rings (SSSR count). The third-order valence-corrected chi connectivity index (χ3v) is 3.52. The van der Waals surface area contributed by atoms with E-state index in [-0.39, 0.29) is 16.5 Å². The van der Waals surface area contributed by atoms with Gasteiger partial charge in [-0.3, -0.25) is 10.2 Å². The smallest absolute Gasteiger partial charge is 0.329 e. The Bertz CT molecular complexity index is 913. The molecule has 0 unspecified atom stereocenters. The van der Waals surface area contributed by atoms with Crippen molar-refractivity contribution in [1.29, 1.82) is 0 Å². The zero-order valence-electron chi connectivity index (χ0n) is 14.2. The molecule has 0 spiro atoms. The first-order valence-electron chi connectivity index (χ1n) is 7.61. The average molecular weight is 416 g/mol. The van der Waals surface area contributed by atoms with E-state index in [2.05, 4.69) is 15.8 Å². The molecule has 28 heavy (non-hydrogen) atoms. The molecule has 0 heterocycles. The molecule has 0 saturated heterocycles. The van der Waals surface area contributed by atoms with Crippen LogP contribution in [0.1, 0.15) is 12.5 Å². The Hall–Kier alpha value is -3.08. The maximum atomic E-state index is 13.6. The van der Waals surface area contributed by atoms with Crippen LogP contribution in [0.5, 0.6) is 0 Å². The average Bonchev–Trinajstić information content (AvgIpc) is 2.62. The summed E-state index contributed by atoms with van der Waals surface area (Å²) in [6.45, 7) is 1.59. The molecular weight excluding hydrogens is 403 g/mol. The minimum atomic E-state index is -4.98. The van der Waals surface area contributed by atoms with Crippen LogP contribution in [0.15, 0.2) is 47.6 Å². The van der Waals surface area contributed by atoms with Gasteiger partial charge in [-0.15, -0.1) is 0 Å². The summed E-state index contributed by atoms with van der Waals surface area (Å²) in [6, 6.07) is 8.37. The zero-order chi connectivity index (χ0) is 20.9. The fraction of sp³-hybridized carbons (Fsp3) is 0.118. The van der Waals surface area contributed by atoms with Crippen LogP contribution in [-0.4, -0.2) is 22.9 Å². The molecule has 148 valence electrons. The van der Waals surface area contributed by atoms with Crippen LogP contribution in [-0.2, 0) is 4.79 Å². The van der Waals surface area contributed by atoms with Crippen molar-refractivity contribution in [3.8, 4) is 0 Å². The Morgan fingerprint density at radius 2 is 1.68 bits per heavy atom. The number of anilines is 2. The van der Waals surface area contributed by atoms with Crippen molar-refractivity contribution in [2.45, 2.75) is 13.1 Å². The lowest BCUT2D eigenvalue weighted by Crippen LogP contribution is -2.29. The number of carbonyl (C=O) groups excluding carboxylic acids is 1. The van der Waals surface area contributed by atoms with E-state index >= 15 is 0 Å². The van der Waals surface area contributed by atoms with Gasteiger partial charge >= 0.3 is 12.1 Å². The number of rotatable bonds is 4. The lowest BCUT2D eigenvalue weighted by atomic mass is 10.1. The molecule has 0 radical (unpaired) electrons. The summed E-state index contributed by atoms with van der Waals surface area (Å²) in [5.41, 5.74) is 3.34. The van der Waals surface area contributed by atoms with Crippen molar-refractivity contribution in [2.75, 3.05) is 10.6 Å². The maximum Gasteiger partial charge on any atom is 0.471 e. The highest BCUT2D eigenvalue weighted by Crippen LogP contribution is 2.19. The van der Waals surface area contributed by atoms with Crippen molar-refractivity contribution >= 4 is 40.3 Å². The number of alkyl halides is 3. The second-order valence-corrected chi connectivity index (χ2v) is 5.82. The molecule has 0 atom stereocenters. The predicted octanol–water partition coefficient (Wildman–Crippen LogP) is 4.18. The van der Waals surface area contributed by atoms with Gasteiger partial charge < -0.3 is 10.6 Å². The molecule has 11 heteroatoms. The number of hydrogen-bond acceptors (Lipinski definition) is 3. The number of hydrogen-bond donors (Lipinski definition) is 3. The third kappa shape index (κ3) is 5.98. The van der Waals surface area contributed by atoms with E-state index in [0.717, 1.165) is 6.07 Å². The van der Waals surface area contributed by atoms with Crippen molar-refractivity contribution in [3.63, 3.8) is 0 Å². The molecular formula is C17H13F5N4OS. The number of hydrazone groups is 1. The van der Waals surface area contributed by atoms with Crippen LogP contribution in [0.3, 0.4) is 0 Å². The highest BCUT2D eigenvalue weighted by Gasteiger charge is 2.38. The summed E-state index contributed by atoms with van der Waals surface area (Å²) in [6.07, 6.45) is -4.98. The first-order valence-corrected chi connectivity index (χ1v) is 8.02. The zero-order valence-corrected chi connectivity index (χ0v) is 15.0. The molecule has 0 aliphatic heterocycles. The van der Waals surface area contributed by atoms with Crippen LogP contribution >= 0.6 is 12.2 Å². The van der Waals surface area contributed by atoms with E-state index in [9.17, 15) is 26.7 Å². The number of carbonyl (C=O) groups is 1. The van der Waals surface area contributed by atoms with Gasteiger partial charge in [0.1, 0.15) is 11.6 Å². The van der Waals surface area contributed by atoms with Crippen LogP contribution in [0.2, 0.25) is 0 Å². The fourth-order valence-corrected chi connectivity index (χ4v) is 2.09. The van der Waals surface area contributed by atoms with Gasteiger partial charge in [-0.2, -0.15) is 18.3 Å². The highest BCUT2D eigenvalue weighted by atomic mass is 32.1. The summed E-state index contributed by atoms with van der Waals surface area (Å²) in [7, 11) is 0. The number of halogens is 5. The quantitative estimate of drug-likeness (QED) is 0.303. The number of benzene rings is 2. The largest absolute Gasteiger partial charge is 0.471 e. The molecule has 0 aliphatic carbocycles. The molecule has 0 aliphatic rings. The summed E-state index contributed by atoms with van der Waals surface area (Å²) in [5, 5.41) is 8.14. The lowest BCUT2D eigenvalue weighted by Gasteiger charge is -2.10. The summed E-state index contributed by atoms with van der Waals surface area (Å²) in [4.78, 5) is 10.9. The minimum Gasteiger partial charge on any atom is -0.329 e. The van der Waals surface area contributed by atoms with Crippen molar-refractivity contribution in [1.82, 2.24) is 5.43 Å². The van der Waals surface area contributed by atoms with Crippen molar-refractivity contribution < 1.29 is 26.7 Å². The Balaban J connectivity index is 1.97. The van der Waals surface area contributed by atoms with Gasteiger partial charge in [0, 0.05) is 11.8 Å². The highest BCUT2D eigenvalue weighted by molar-refractivity contribution is 7.80. The van der Waals surface area contributed by atoms with Crippen molar-refractivity contribution in [2.24, 2.45) is 5.10 Å². The topological polar surface area (TPSA) is 65.5 Å². The first-order chi connectivity index (χ1) is 13.1. The third-order valence-electron chi connectivity index (χ3n) is 3.32. The Morgan fingerprint density at radius 3 is 2.25 bits per heavy atom. The van der Waals surface area contributed by atoms with E-state index in [4.69, 9.17) is 12.2 Å². The Morgan fingerprint density at radius 1 is 1.04 bits per heavy atom. The molecule has 3 N–H and O–H groups in total. The molecule has 0 aromatic heterocycles. The van der Waals surface area contributed by atoms with Crippen LogP contribution in [0.25, 0.3) is 0 Å². The summed E-state index contributed by atoms with van der Waals surface area (Å²) >= 11 is 4.96. The minimum absolute atomic E-state index is 0.0317. The van der Waals surface area contributed by atoms with Crippen LogP contribution in [0.4, 0.5) is 33.3 Å². The standard InChI is InChI=1S/C17H13F5N4OS/c1-9(10-2-5-12(6-3-10)23-15(27)17(20,21)22)25-26-16(28)24-14-7-4-11(18)8-13(14)19/h2-8H,1H3,(H,23,27)(H2,24,26,28)/b25-9+. The molecule has 0 saturated carbocycles. The Labute approximate surface area is 161 Å². The lowest BCUT2D eigenvalue weighted by molar-refractivity contribution is -0.167. The molecule has 2 aromatic rings. The van der Waals surface area contributed by atoms with E-state index in [1.165, 1.54) is 30.3 Å². The number of nitrogens with one attached hydrogen (secondary N) is 3. The predicted molar refractivity (Wildman–Crippen MR) is 99.1 cm³/mol. The molecule has 0 fully saturated rings. The van der Waals surface area contributed by atoms with E-state index in [1.807, 2.05) is 0 Å². The Kier molecular flexibility index (Phi) is 6.62. The van der Waals surface area contributed by atoms with Gasteiger partial charge in [-0.25, -0.2) is 8.78 Å².